The first-order chi connectivity index (χ1) is 11.5. The van der Waals surface area contributed by atoms with Crippen LogP contribution in [0, 0.1) is 0 Å². The van der Waals surface area contributed by atoms with E-state index in [1.165, 1.54) is 18.2 Å². The highest BCUT2D eigenvalue weighted by Crippen LogP contribution is 2.38. The predicted octanol–water partition coefficient (Wildman–Crippen LogP) is 2.92. The Labute approximate surface area is 138 Å². The number of aliphatic carboxylic acids is 1. The maximum absolute atomic E-state index is 12.1. The molecule has 2 rings (SSSR count). The zero-order valence-corrected chi connectivity index (χ0v) is 13.6. The molecule has 7 nitrogen and oxygen atoms in total. The number of carbonyl (C=O) groups is 1. The molecule has 1 aromatic carbocycles. The van der Waals surface area contributed by atoms with Crippen molar-refractivity contribution in [1.82, 2.24) is 0 Å². The number of fused-ring (bicyclic) bond motifs is 1. The first-order valence-corrected chi connectivity index (χ1v) is 7.77. The number of carboxylic acid groups (broad SMARTS) is 1. The van der Waals surface area contributed by atoms with Crippen LogP contribution in [0.4, 0.5) is 0 Å². The summed E-state index contributed by atoms with van der Waals surface area (Å²) in [6.07, 6.45) is 2.03. The molecule has 1 atom stereocenters. The van der Waals surface area contributed by atoms with Crippen LogP contribution in [-0.4, -0.2) is 28.9 Å². The largest absolute Gasteiger partial charge is 0.503 e. The minimum atomic E-state index is -1.16. The summed E-state index contributed by atoms with van der Waals surface area (Å²) in [7, 11) is 0. The molecule has 0 aliphatic heterocycles. The lowest BCUT2D eigenvalue weighted by atomic mass is 10.1. The highest BCUT2D eigenvalue weighted by molar-refractivity contribution is 5.91. The Morgan fingerprint density at radius 2 is 2.08 bits per heavy atom. The molecule has 0 saturated heterocycles. The van der Waals surface area contributed by atoms with Crippen LogP contribution in [0.15, 0.2) is 27.4 Å². The molecule has 0 spiro atoms. The van der Waals surface area contributed by atoms with E-state index in [4.69, 9.17) is 19.0 Å². The molecule has 7 heteroatoms. The first-order valence-electron chi connectivity index (χ1n) is 7.77. The number of hydrogen-bond acceptors (Lipinski definition) is 6. The highest BCUT2D eigenvalue weighted by atomic mass is 16.5. The smallest absolute Gasteiger partial charge is 0.383 e. The molecule has 2 N–H and O–H groups in total. The van der Waals surface area contributed by atoms with Gasteiger partial charge in [0, 0.05) is 0 Å². The summed E-state index contributed by atoms with van der Waals surface area (Å²) in [5, 5.41) is 19.3. The predicted molar refractivity (Wildman–Crippen MR) is 86.9 cm³/mol. The Balaban J connectivity index is 2.51. The van der Waals surface area contributed by atoms with Gasteiger partial charge in [0.05, 0.1) is 6.10 Å². The summed E-state index contributed by atoms with van der Waals surface area (Å²) in [5.41, 5.74) is -0.693. The monoisotopic (exact) mass is 336 g/mol. The van der Waals surface area contributed by atoms with Gasteiger partial charge in [-0.1, -0.05) is 26.3 Å². The van der Waals surface area contributed by atoms with Crippen molar-refractivity contribution in [2.24, 2.45) is 0 Å². The topological polar surface area (TPSA) is 106 Å². The van der Waals surface area contributed by atoms with Crippen LogP contribution in [0.1, 0.15) is 33.1 Å². The molecule has 0 bridgehead atoms. The molecule has 0 amide bonds. The minimum absolute atomic E-state index is 0.0938. The van der Waals surface area contributed by atoms with E-state index < -0.39 is 24.0 Å². The van der Waals surface area contributed by atoms with Gasteiger partial charge in [-0.05, 0) is 25.0 Å². The Morgan fingerprint density at radius 1 is 1.33 bits per heavy atom. The summed E-state index contributed by atoms with van der Waals surface area (Å²) < 4.78 is 16.0. The van der Waals surface area contributed by atoms with E-state index in [0.29, 0.717) is 6.42 Å². The van der Waals surface area contributed by atoms with Crippen LogP contribution >= 0.6 is 0 Å². The van der Waals surface area contributed by atoms with Crippen molar-refractivity contribution in [1.29, 1.82) is 0 Å². The fourth-order valence-corrected chi connectivity index (χ4v) is 2.38. The molecule has 0 aliphatic rings. The molecule has 1 unspecified atom stereocenters. The molecule has 0 radical (unpaired) electrons. The second-order valence-electron chi connectivity index (χ2n) is 5.32. The SMILES string of the molecule is CCCC(CC)Oc1c(O)c2c(OCC(=O)O)cccc2oc1=O. The van der Waals surface area contributed by atoms with E-state index in [1.54, 1.807) is 0 Å². The molecular formula is C17H20O7. The average Bonchev–Trinajstić information content (AvgIpc) is 2.55. The van der Waals surface area contributed by atoms with Gasteiger partial charge in [-0.3, -0.25) is 0 Å². The molecule has 0 fully saturated rings. The van der Waals surface area contributed by atoms with E-state index in [-0.39, 0.29) is 28.6 Å². The van der Waals surface area contributed by atoms with Crippen molar-refractivity contribution in [2.45, 2.75) is 39.2 Å². The molecule has 130 valence electrons. The quantitative estimate of drug-likeness (QED) is 0.714. The number of ether oxygens (including phenoxy) is 2. The Hall–Kier alpha value is -2.70. The molecule has 1 aromatic heterocycles. The average molecular weight is 336 g/mol. The number of carboxylic acids is 1. The van der Waals surface area contributed by atoms with Crippen LogP contribution < -0.4 is 15.1 Å². The first kappa shape index (κ1) is 17.7. The maximum Gasteiger partial charge on any atom is 0.383 e. The van der Waals surface area contributed by atoms with Gasteiger partial charge in [0.15, 0.2) is 12.4 Å². The van der Waals surface area contributed by atoms with E-state index in [1.807, 2.05) is 13.8 Å². The molecule has 2 aromatic rings. The number of benzene rings is 1. The van der Waals surface area contributed by atoms with Crippen LogP contribution in [-0.2, 0) is 4.79 Å². The maximum atomic E-state index is 12.1. The Bertz CT molecular complexity index is 778. The highest BCUT2D eigenvalue weighted by Gasteiger charge is 2.21. The van der Waals surface area contributed by atoms with Crippen LogP contribution in [0.2, 0.25) is 0 Å². The van der Waals surface area contributed by atoms with Crippen molar-refractivity contribution in [3.05, 3.63) is 28.6 Å². The van der Waals surface area contributed by atoms with Crippen molar-refractivity contribution in [3.63, 3.8) is 0 Å². The van der Waals surface area contributed by atoms with Crippen molar-refractivity contribution >= 4 is 16.9 Å². The van der Waals surface area contributed by atoms with Crippen LogP contribution in [0.3, 0.4) is 0 Å². The van der Waals surface area contributed by atoms with Gasteiger partial charge in [0.2, 0.25) is 5.75 Å². The standard InChI is InChI=1S/C17H20O7/c1-3-6-10(4-2)23-16-15(20)14-11(22-9-13(18)19)7-5-8-12(14)24-17(16)21/h5,7-8,10,20H,3-4,6,9H2,1-2H3,(H,18,19). The third-order valence-electron chi connectivity index (χ3n) is 3.53. The van der Waals surface area contributed by atoms with Gasteiger partial charge in [0.25, 0.3) is 0 Å². The molecule has 0 saturated carbocycles. The minimum Gasteiger partial charge on any atom is -0.503 e. The van der Waals surface area contributed by atoms with Crippen molar-refractivity contribution < 1.29 is 28.9 Å². The Morgan fingerprint density at radius 3 is 2.71 bits per heavy atom. The van der Waals surface area contributed by atoms with E-state index in [9.17, 15) is 14.7 Å². The lowest BCUT2D eigenvalue weighted by molar-refractivity contribution is -0.139. The second-order valence-corrected chi connectivity index (χ2v) is 5.32. The van der Waals surface area contributed by atoms with Gasteiger partial charge in [0.1, 0.15) is 16.7 Å². The normalized spacial score (nSPS) is 12.1. The fraction of sp³-hybridized carbons (Fsp3) is 0.412. The lowest BCUT2D eigenvalue weighted by Gasteiger charge is -2.17. The molecule has 1 heterocycles. The fourth-order valence-electron chi connectivity index (χ4n) is 2.38. The summed E-state index contributed by atoms with van der Waals surface area (Å²) in [6.45, 7) is 3.33. The number of rotatable bonds is 8. The molecule has 0 aliphatic carbocycles. The van der Waals surface area contributed by atoms with Crippen LogP contribution in [0.25, 0.3) is 11.0 Å². The van der Waals surface area contributed by atoms with E-state index in [0.717, 1.165) is 12.8 Å². The number of aromatic hydroxyl groups is 1. The third-order valence-corrected chi connectivity index (χ3v) is 3.53. The second kappa shape index (κ2) is 7.72. The molecular weight excluding hydrogens is 316 g/mol. The Kier molecular flexibility index (Phi) is 5.68. The van der Waals surface area contributed by atoms with Crippen molar-refractivity contribution in [2.75, 3.05) is 6.61 Å². The van der Waals surface area contributed by atoms with Gasteiger partial charge in [-0.2, -0.15) is 0 Å². The zero-order valence-electron chi connectivity index (χ0n) is 13.6. The van der Waals surface area contributed by atoms with Crippen LogP contribution in [0.5, 0.6) is 17.2 Å². The summed E-state index contributed by atoms with van der Waals surface area (Å²) in [5.74, 6) is -1.75. The van der Waals surface area contributed by atoms with E-state index >= 15 is 0 Å². The summed E-state index contributed by atoms with van der Waals surface area (Å²) in [6, 6.07) is 4.50. The zero-order chi connectivity index (χ0) is 17.7. The van der Waals surface area contributed by atoms with Gasteiger partial charge in [-0.15, -0.1) is 0 Å². The van der Waals surface area contributed by atoms with Gasteiger partial charge in [-0.25, -0.2) is 9.59 Å². The third kappa shape index (κ3) is 3.79. The molecule has 24 heavy (non-hydrogen) atoms. The van der Waals surface area contributed by atoms with Gasteiger partial charge < -0.3 is 24.1 Å². The lowest BCUT2D eigenvalue weighted by Crippen LogP contribution is -2.19. The number of hydrogen-bond donors (Lipinski definition) is 2. The van der Waals surface area contributed by atoms with Gasteiger partial charge >= 0.3 is 11.6 Å². The summed E-state index contributed by atoms with van der Waals surface area (Å²) >= 11 is 0. The summed E-state index contributed by atoms with van der Waals surface area (Å²) in [4.78, 5) is 22.8. The van der Waals surface area contributed by atoms with Crippen molar-refractivity contribution in [3.8, 4) is 17.2 Å². The van der Waals surface area contributed by atoms with E-state index in [2.05, 4.69) is 0 Å².